The lowest BCUT2D eigenvalue weighted by Gasteiger charge is -2.07. The summed E-state index contributed by atoms with van der Waals surface area (Å²) in [5.74, 6) is 0. The van der Waals surface area contributed by atoms with Gasteiger partial charge in [0.05, 0.1) is 0 Å². The van der Waals surface area contributed by atoms with Crippen LogP contribution < -0.4 is 0 Å². The third-order valence-electron chi connectivity index (χ3n) is 4.61. The Labute approximate surface area is 168 Å². The Bertz CT molecular complexity index is 1160. The van der Waals surface area contributed by atoms with Crippen LogP contribution in [0.1, 0.15) is 5.56 Å². The minimum atomic E-state index is 1.22. The van der Waals surface area contributed by atoms with Crippen molar-refractivity contribution in [3.63, 3.8) is 0 Å². The average Bonchev–Trinajstić information content (AvgIpc) is 2.66. The number of hydrogen-bond acceptors (Lipinski definition) is 0. The van der Waals surface area contributed by atoms with E-state index in [1.54, 1.807) is 0 Å². The van der Waals surface area contributed by atoms with Gasteiger partial charge in [-0.1, -0.05) is 84.4 Å². The van der Waals surface area contributed by atoms with Crippen molar-refractivity contribution in [2.24, 2.45) is 0 Å². The van der Waals surface area contributed by atoms with Gasteiger partial charge in [-0.3, -0.25) is 0 Å². The molecule has 0 unspecified atom stereocenters. The van der Waals surface area contributed by atoms with E-state index >= 15 is 0 Å². The lowest BCUT2D eigenvalue weighted by Crippen LogP contribution is -1.80. The van der Waals surface area contributed by atoms with Crippen molar-refractivity contribution in [2.75, 3.05) is 0 Å². The molecule has 0 fully saturated rings. The normalized spacial score (nSPS) is 10.7. The fourth-order valence-electron chi connectivity index (χ4n) is 3.28. The van der Waals surface area contributed by atoms with Crippen molar-refractivity contribution in [2.45, 2.75) is 6.92 Å². The summed E-state index contributed by atoms with van der Waals surface area (Å²) in [5.41, 5.74) is 3.70. The topological polar surface area (TPSA) is 0 Å². The van der Waals surface area contributed by atoms with E-state index in [2.05, 4.69) is 127 Å². The van der Waals surface area contributed by atoms with Gasteiger partial charge in [-0.05, 0) is 80.4 Å². The van der Waals surface area contributed by atoms with Crippen LogP contribution >= 0.6 is 22.6 Å². The number of fused-ring (bicyclic) bond motifs is 3. The SMILES string of the molecule is Cc1ccc(-c2ccc3c(ccc4ccccc43)c2)ccccc(I)c1. The van der Waals surface area contributed by atoms with Gasteiger partial charge in [0.15, 0.2) is 0 Å². The van der Waals surface area contributed by atoms with Crippen LogP contribution in [0.2, 0.25) is 0 Å². The first-order valence-electron chi connectivity index (χ1n) is 8.73. The first kappa shape index (κ1) is 17.0. The Morgan fingerprint density at radius 2 is 1.23 bits per heavy atom. The van der Waals surface area contributed by atoms with E-state index in [1.165, 1.54) is 41.8 Å². The summed E-state index contributed by atoms with van der Waals surface area (Å²) in [5, 5.41) is 5.18. The first-order chi connectivity index (χ1) is 12.7. The maximum absolute atomic E-state index is 2.36. The van der Waals surface area contributed by atoms with Crippen LogP contribution in [0, 0.1) is 10.5 Å². The standard InChI is InChI=1S/C25H19I/c1-18-10-11-19(6-2-4-8-23(26)16-18)21-14-15-25-22(17-21)13-12-20-7-3-5-9-24(20)25/h2-17H,1H3. The zero-order valence-corrected chi connectivity index (χ0v) is 16.8. The Hall–Kier alpha value is -2.39. The molecule has 26 heavy (non-hydrogen) atoms. The molecule has 0 saturated carbocycles. The van der Waals surface area contributed by atoms with Gasteiger partial charge in [-0.15, -0.1) is 0 Å². The molecule has 0 aliphatic carbocycles. The van der Waals surface area contributed by atoms with E-state index in [0.717, 1.165) is 0 Å². The number of rotatable bonds is 1. The van der Waals surface area contributed by atoms with Gasteiger partial charge in [0.1, 0.15) is 0 Å². The molecule has 126 valence electrons. The highest BCUT2D eigenvalue weighted by Gasteiger charge is 2.02. The quantitative estimate of drug-likeness (QED) is 0.208. The highest BCUT2D eigenvalue weighted by Crippen LogP contribution is 2.29. The lowest BCUT2D eigenvalue weighted by atomic mass is 9.98. The fourth-order valence-corrected chi connectivity index (χ4v) is 3.98. The fraction of sp³-hybridized carbons (Fsp3) is 0.0400. The van der Waals surface area contributed by atoms with Gasteiger partial charge in [0, 0.05) is 3.57 Å². The summed E-state index contributed by atoms with van der Waals surface area (Å²) in [7, 11) is 0. The second-order valence-corrected chi connectivity index (χ2v) is 7.75. The van der Waals surface area contributed by atoms with E-state index in [4.69, 9.17) is 0 Å². The minimum absolute atomic E-state index is 1.22. The van der Waals surface area contributed by atoms with Gasteiger partial charge in [0.2, 0.25) is 0 Å². The molecule has 0 amide bonds. The molecule has 0 spiro atoms. The molecular weight excluding hydrogens is 427 g/mol. The molecule has 1 heteroatoms. The highest BCUT2D eigenvalue weighted by atomic mass is 127. The summed E-state index contributed by atoms with van der Waals surface area (Å²) >= 11 is 2.36. The molecular formula is C25H19I. The number of hydrogen-bond donors (Lipinski definition) is 0. The maximum atomic E-state index is 2.36. The summed E-state index contributed by atoms with van der Waals surface area (Å²) in [6, 6.07) is 34.8. The minimum Gasteiger partial charge on any atom is -0.0616 e. The van der Waals surface area contributed by atoms with Crippen molar-refractivity contribution in [1.82, 2.24) is 0 Å². The smallest absolute Gasteiger partial charge is 0.0132 e. The lowest BCUT2D eigenvalue weighted by molar-refractivity contribution is 1.47. The molecule has 0 atom stereocenters. The Morgan fingerprint density at radius 3 is 2.15 bits per heavy atom. The van der Waals surface area contributed by atoms with Crippen LogP contribution in [-0.2, 0) is 0 Å². The van der Waals surface area contributed by atoms with Gasteiger partial charge in [-0.2, -0.15) is 0 Å². The van der Waals surface area contributed by atoms with E-state index in [0.29, 0.717) is 0 Å². The van der Waals surface area contributed by atoms with Gasteiger partial charge in [0.25, 0.3) is 0 Å². The molecule has 0 radical (unpaired) electrons. The molecule has 0 nitrogen and oxygen atoms in total. The Morgan fingerprint density at radius 1 is 0.538 bits per heavy atom. The summed E-state index contributed by atoms with van der Waals surface area (Å²) in [6.45, 7) is 2.14. The molecule has 0 heterocycles. The molecule has 4 aromatic rings. The zero-order valence-electron chi connectivity index (χ0n) is 14.6. The molecule has 0 aliphatic rings. The van der Waals surface area contributed by atoms with Crippen LogP contribution in [0.4, 0.5) is 0 Å². The molecule has 0 N–H and O–H groups in total. The highest BCUT2D eigenvalue weighted by molar-refractivity contribution is 14.1. The average molecular weight is 446 g/mol. The van der Waals surface area contributed by atoms with Crippen molar-refractivity contribution in [3.8, 4) is 11.1 Å². The van der Waals surface area contributed by atoms with Crippen LogP contribution in [0.3, 0.4) is 0 Å². The van der Waals surface area contributed by atoms with Gasteiger partial charge >= 0.3 is 0 Å². The third-order valence-corrected chi connectivity index (χ3v) is 5.28. The van der Waals surface area contributed by atoms with E-state index in [-0.39, 0.29) is 0 Å². The second-order valence-electron chi connectivity index (χ2n) is 6.50. The van der Waals surface area contributed by atoms with Crippen LogP contribution in [0.15, 0.2) is 97.1 Å². The largest absolute Gasteiger partial charge is 0.0616 e. The molecule has 0 bridgehead atoms. The Kier molecular flexibility index (Phi) is 4.89. The molecule has 4 aromatic carbocycles. The Balaban J connectivity index is 1.90. The summed E-state index contributed by atoms with van der Waals surface area (Å²) in [6.07, 6.45) is 0. The zero-order chi connectivity index (χ0) is 17.9. The summed E-state index contributed by atoms with van der Waals surface area (Å²) in [4.78, 5) is 0. The predicted molar refractivity (Wildman–Crippen MR) is 122 cm³/mol. The molecule has 0 saturated heterocycles. The van der Waals surface area contributed by atoms with Crippen LogP contribution in [-0.4, -0.2) is 0 Å². The first-order valence-corrected chi connectivity index (χ1v) is 9.81. The molecule has 4 rings (SSSR count). The van der Waals surface area contributed by atoms with Crippen LogP contribution in [0.25, 0.3) is 32.7 Å². The monoisotopic (exact) mass is 446 g/mol. The van der Waals surface area contributed by atoms with Gasteiger partial charge < -0.3 is 0 Å². The second kappa shape index (κ2) is 7.46. The number of halogens is 1. The number of aryl methyl sites for hydroxylation is 1. The predicted octanol–water partition coefficient (Wildman–Crippen LogP) is 7.70. The van der Waals surface area contributed by atoms with Crippen molar-refractivity contribution < 1.29 is 0 Å². The molecule has 0 aliphatic heterocycles. The third kappa shape index (κ3) is 3.58. The van der Waals surface area contributed by atoms with Crippen LogP contribution in [0.5, 0.6) is 0 Å². The van der Waals surface area contributed by atoms with E-state index in [1.807, 2.05) is 0 Å². The summed E-state index contributed by atoms with van der Waals surface area (Å²) < 4.78 is 1.23. The molecule has 0 aromatic heterocycles. The van der Waals surface area contributed by atoms with E-state index < -0.39 is 0 Å². The van der Waals surface area contributed by atoms with Crippen molar-refractivity contribution >= 4 is 44.1 Å². The van der Waals surface area contributed by atoms with Crippen molar-refractivity contribution in [3.05, 3.63) is 106 Å². The van der Waals surface area contributed by atoms with E-state index in [9.17, 15) is 0 Å². The van der Waals surface area contributed by atoms with Crippen molar-refractivity contribution in [1.29, 1.82) is 0 Å². The van der Waals surface area contributed by atoms with Gasteiger partial charge in [-0.25, -0.2) is 0 Å². The number of benzene rings is 3. The maximum Gasteiger partial charge on any atom is 0.0132 e.